The van der Waals surface area contributed by atoms with Crippen molar-refractivity contribution in [1.29, 1.82) is 0 Å². The van der Waals surface area contributed by atoms with Gasteiger partial charge < -0.3 is 19.5 Å². The molecule has 1 aliphatic heterocycles. The highest BCUT2D eigenvalue weighted by atomic mass is 16.5. The largest absolute Gasteiger partial charge is 0.465 e. The van der Waals surface area contributed by atoms with Crippen LogP contribution in [-0.2, 0) is 19.0 Å². The minimum atomic E-state index is -0.601. The van der Waals surface area contributed by atoms with Crippen molar-refractivity contribution in [2.75, 3.05) is 26.1 Å². The Kier molecular flexibility index (Phi) is 6.31. The van der Waals surface area contributed by atoms with Crippen molar-refractivity contribution in [1.82, 2.24) is 0 Å². The van der Waals surface area contributed by atoms with Crippen LogP contribution in [-0.4, -0.2) is 44.8 Å². The van der Waals surface area contributed by atoms with E-state index in [1.165, 1.54) is 32.4 Å². The number of anilines is 1. The van der Waals surface area contributed by atoms with E-state index >= 15 is 0 Å². The van der Waals surface area contributed by atoms with Crippen LogP contribution in [0.3, 0.4) is 0 Å². The Morgan fingerprint density at radius 3 is 2.54 bits per heavy atom. The minimum absolute atomic E-state index is 0.121. The second-order valence-electron chi connectivity index (χ2n) is 5.48. The van der Waals surface area contributed by atoms with Crippen molar-refractivity contribution in [2.45, 2.75) is 31.8 Å². The summed E-state index contributed by atoms with van der Waals surface area (Å²) in [4.78, 5) is 35.7. The summed E-state index contributed by atoms with van der Waals surface area (Å²) in [6, 6.07) is 4.26. The molecule has 1 aromatic carbocycles. The van der Waals surface area contributed by atoms with Gasteiger partial charge >= 0.3 is 11.9 Å². The number of nitrogens with one attached hydrogen (secondary N) is 1. The number of methoxy groups -OCH3 is 2. The van der Waals surface area contributed by atoms with E-state index < -0.39 is 11.9 Å². The first-order valence-electron chi connectivity index (χ1n) is 7.77. The van der Waals surface area contributed by atoms with Crippen molar-refractivity contribution in [3.05, 3.63) is 29.3 Å². The van der Waals surface area contributed by atoms with Crippen molar-refractivity contribution >= 4 is 23.5 Å². The molecule has 1 fully saturated rings. The normalized spacial score (nSPS) is 17.0. The maximum Gasteiger partial charge on any atom is 0.339 e. The summed E-state index contributed by atoms with van der Waals surface area (Å²) in [5.41, 5.74) is 0.614. The Hall–Kier alpha value is -2.41. The SMILES string of the molecule is COC(=O)c1ccc(C(=O)OC)c(NC(=O)CC2CCCCO2)c1. The molecule has 0 radical (unpaired) electrons. The van der Waals surface area contributed by atoms with Gasteiger partial charge in [0.2, 0.25) is 5.91 Å². The molecule has 130 valence electrons. The van der Waals surface area contributed by atoms with Gasteiger partial charge in [-0.1, -0.05) is 0 Å². The third-order valence-corrected chi connectivity index (χ3v) is 3.81. The molecular formula is C17H21NO6. The maximum absolute atomic E-state index is 12.2. The van der Waals surface area contributed by atoms with Gasteiger partial charge in [-0.3, -0.25) is 4.79 Å². The fourth-order valence-corrected chi connectivity index (χ4v) is 2.56. The van der Waals surface area contributed by atoms with Crippen LogP contribution in [0.4, 0.5) is 5.69 Å². The molecule has 1 aliphatic rings. The van der Waals surface area contributed by atoms with Crippen molar-refractivity contribution in [3.8, 4) is 0 Å². The van der Waals surface area contributed by atoms with E-state index in [0.717, 1.165) is 19.3 Å². The summed E-state index contributed by atoms with van der Waals surface area (Å²) in [5.74, 6) is -1.44. The molecule has 0 aromatic heterocycles. The molecule has 0 bridgehead atoms. The Morgan fingerprint density at radius 2 is 1.92 bits per heavy atom. The van der Waals surface area contributed by atoms with Gasteiger partial charge in [-0.15, -0.1) is 0 Å². The van der Waals surface area contributed by atoms with Crippen LogP contribution in [0.5, 0.6) is 0 Å². The Morgan fingerprint density at radius 1 is 1.17 bits per heavy atom. The molecule has 0 saturated carbocycles. The minimum Gasteiger partial charge on any atom is -0.465 e. The quantitative estimate of drug-likeness (QED) is 0.829. The molecule has 0 aliphatic carbocycles. The number of hydrogen-bond donors (Lipinski definition) is 1. The van der Waals surface area contributed by atoms with Gasteiger partial charge in [-0.2, -0.15) is 0 Å². The Bertz CT molecular complexity index is 622. The third kappa shape index (κ3) is 4.55. The van der Waals surface area contributed by atoms with E-state index in [-0.39, 0.29) is 35.2 Å². The highest BCUT2D eigenvalue weighted by molar-refractivity contribution is 6.03. The maximum atomic E-state index is 12.2. The number of hydrogen-bond acceptors (Lipinski definition) is 6. The number of amides is 1. The van der Waals surface area contributed by atoms with Gasteiger partial charge in [0.15, 0.2) is 0 Å². The lowest BCUT2D eigenvalue weighted by Crippen LogP contribution is -2.26. The molecule has 0 spiro atoms. The fourth-order valence-electron chi connectivity index (χ4n) is 2.56. The zero-order valence-corrected chi connectivity index (χ0v) is 13.8. The van der Waals surface area contributed by atoms with E-state index in [1.54, 1.807) is 0 Å². The fraction of sp³-hybridized carbons (Fsp3) is 0.471. The van der Waals surface area contributed by atoms with Crippen LogP contribution in [0.1, 0.15) is 46.4 Å². The van der Waals surface area contributed by atoms with Crippen LogP contribution >= 0.6 is 0 Å². The first-order chi connectivity index (χ1) is 11.5. The smallest absolute Gasteiger partial charge is 0.339 e. The van der Waals surface area contributed by atoms with Crippen molar-refractivity contribution < 1.29 is 28.6 Å². The molecule has 24 heavy (non-hydrogen) atoms. The summed E-state index contributed by atoms with van der Waals surface area (Å²) in [6.45, 7) is 0.656. The number of ether oxygens (including phenoxy) is 3. The molecule has 2 rings (SSSR count). The van der Waals surface area contributed by atoms with E-state index in [0.29, 0.717) is 6.61 Å². The van der Waals surface area contributed by atoms with Crippen LogP contribution < -0.4 is 5.32 Å². The first kappa shape index (κ1) is 17.9. The topological polar surface area (TPSA) is 90.9 Å². The zero-order chi connectivity index (χ0) is 17.5. The molecule has 1 saturated heterocycles. The molecule has 7 heteroatoms. The van der Waals surface area contributed by atoms with Gasteiger partial charge in [0.05, 0.1) is 43.6 Å². The van der Waals surface area contributed by atoms with Gasteiger partial charge in [0.25, 0.3) is 0 Å². The van der Waals surface area contributed by atoms with Crippen LogP contribution in [0.2, 0.25) is 0 Å². The molecule has 1 unspecified atom stereocenters. The predicted octanol–water partition coefficient (Wildman–Crippen LogP) is 2.16. The van der Waals surface area contributed by atoms with Crippen LogP contribution in [0, 0.1) is 0 Å². The summed E-state index contributed by atoms with van der Waals surface area (Å²) in [6.07, 6.45) is 2.95. The van der Waals surface area contributed by atoms with Gasteiger partial charge in [0, 0.05) is 6.61 Å². The number of carbonyl (C=O) groups excluding carboxylic acids is 3. The number of esters is 2. The molecule has 1 heterocycles. The molecule has 1 amide bonds. The van der Waals surface area contributed by atoms with Crippen molar-refractivity contribution in [3.63, 3.8) is 0 Å². The number of rotatable bonds is 5. The lowest BCUT2D eigenvalue weighted by molar-refractivity contribution is -0.119. The Balaban J connectivity index is 2.16. The lowest BCUT2D eigenvalue weighted by Gasteiger charge is -2.22. The zero-order valence-electron chi connectivity index (χ0n) is 13.8. The number of benzene rings is 1. The summed E-state index contributed by atoms with van der Waals surface area (Å²) < 4.78 is 14.9. The molecule has 1 N–H and O–H groups in total. The molecule has 1 atom stereocenters. The molecule has 7 nitrogen and oxygen atoms in total. The van der Waals surface area contributed by atoms with Gasteiger partial charge in [-0.25, -0.2) is 9.59 Å². The average molecular weight is 335 g/mol. The van der Waals surface area contributed by atoms with Crippen LogP contribution in [0.25, 0.3) is 0 Å². The molecule has 1 aromatic rings. The Labute approximate surface area is 140 Å². The van der Waals surface area contributed by atoms with E-state index in [4.69, 9.17) is 9.47 Å². The van der Waals surface area contributed by atoms with Crippen LogP contribution in [0.15, 0.2) is 18.2 Å². The number of carbonyl (C=O) groups is 3. The standard InChI is InChI=1S/C17H21NO6/c1-22-16(20)11-6-7-13(17(21)23-2)14(9-11)18-15(19)10-12-5-3-4-8-24-12/h6-7,9,12H,3-5,8,10H2,1-2H3,(H,18,19). The highest BCUT2D eigenvalue weighted by Crippen LogP contribution is 2.21. The third-order valence-electron chi connectivity index (χ3n) is 3.81. The predicted molar refractivity (Wildman–Crippen MR) is 86.0 cm³/mol. The average Bonchev–Trinajstić information content (AvgIpc) is 2.61. The van der Waals surface area contributed by atoms with Gasteiger partial charge in [0.1, 0.15) is 0 Å². The van der Waals surface area contributed by atoms with Crippen molar-refractivity contribution in [2.24, 2.45) is 0 Å². The van der Waals surface area contributed by atoms with Gasteiger partial charge in [-0.05, 0) is 37.5 Å². The van der Waals surface area contributed by atoms with E-state index in [9.17, 15) is 14.4 Å². The first-order valence-corrected chi connectivity index (χ1v) is 7.77. The highest BCUT2D eigenvalue weighted by Gasteiger charge is 2.21. The summed E-state index contributed by atoms with van der Waals surface area (Å²) in [5, 5.41) is 2.66. The van der Waals surface area contributed by atoms with E-state index in [1.807, 2.05) is 0 Å². The molecular weight excluding hydrogens is 314 g/mol. The second kappa shape index (κ2) is 8.44. The van der Waals surface area contributed by atoms with E-state index in [2.05, 4.69) is 10.1 Å². The monoisotopic (exact) mass is 335 g/mol. The second-order valence-corrected chi connectivity index (χ2v) is 5.48. The summed E-state index contributed by atoms with van der Waals surface area (Å²) in [7, 11) is 2.51. The lowest BCUT2D eigenvalue weighted by atomic mass is 10.1. The summed E-state index contributed by atoms with van der Waals surface area (Å²) >= 11 is 0.